The monoisotopic (exact) mass is 313 g/mol. The zero-order chi connectivity index (χ0) is 16.4. The maximum absolute atomic E-state index is 12.7. The molecular weight excluding hydrogens is 294 g/mol. The average Bonchev–Trinajstić information content (AvgIpc) is 2.88. The molecule has 0 aliphatic carbocycles. The number of imidazole rings is 1. The topological polar surface area (TPSA) is 64.4 Å². The highest BCUT2D eigenvalue weighted by molar-refractivity contribution is 5.94. The molecule has 0 saturated heterocycles. The molecular formula is C17H19N3O3. The van der Waals surface area contributed by atoms with Gasteiger partial charge in [0.15, 0.2) is 0 Å². The first-order chi connectivity index (χ1) is 11.1. The molecule has 3 rings (SSSR count). The van der Waals surface area contributed by atoms with Gasteiger partial charge in [0.1, 0.15) is 23.6 Å². The van der Waals surface area contributed by atoms with Crippen molar-refractivity contribution in [3.8, 4) is 5.75 Å². The van der Waals surface area contributed by atoms with Crippen LogP contribution in [0.4, 0.5) is 0 Å². The number of amides is 1. The molecule has 0 spiro atoms. The van der Waals surface area contributed by atoms with Gasteiger partial charge >= 0.3 is 0 Å². The van der Waals surface area contributed by atoms with Gasteiger partial charge in [-0.2, -0.15) is 0 Å². The van der Waals surface area contributed by atoms with Crippen molar-refractivity contribution in [2.75, 3.05) is 13.7 Å². The first-order valence-electron chi connectivity index (χ1n) is 7.56. The second kappa shape index (κ2) is 6.24. The molecule has 1 aliphatic rings. The molecule has 1 aliphatic heterocycles. The minimum absolute atomic E-state index is 0.0331. The summed E-state index contributed by atoms with van der Waals surface area (Å²) in [5, 5.41) is 0. The molecule has 0 N–H and O–H groups in total. The normalized spacial score (nSPS) is 13.8. The second-order valence-corrected chi connectivity index (χ2v) is 5.56. The van der Waals surface area contributed by atoms with E-state index in [9.17, 15) is 9.59 Å². The summed E-state index contributed by atoms with van der Waals surface area (Å²) in [4.78, 5) is 29.7. The lowest BCUT2D eigenvalue weighted by Gasteiger charge is -2.29. The molecule has 0 fully saturated rings. The number of nitrogens with zero attached hydrogens (tertiary/aromatic N) is 3. The van der Waals surface area contributed by atoms with Crippen LogP contribution in [0.5, 0.6) is 5.75 Å². The Morgan fingerprint density at radius 3 is 2.65 bits per heavy atom. The van der Waals surface area contributed by atoms with Crippen molar-refractivity contribution in [3.05, 3.63) is 47.0 Å². The molecule has 6 nitrogen and oxygen atoms in total. The summed E-state index contributed by atoms with van der Waals surface area (Å²) < 4.78 is 7.02. The van der Waals surface area contributed by atoms with E-state index in [2.05, 4.69) is 4.98 Å². The minimum Gasteiger partial charge on any atom is -0.497 e. The molecule has 0 radical (unpaired) electrons. The Morgan fingerprint density at radius 1 is 1.26 bits per heavy atom. The first kappa shape index (κ1) is 15.3. The fourth-order valence-electron chi connectivity index (χ4n) is 2.95. The fraction of sp³-hybridized carbons (Fsp3) is 0.353. The van der Waals surface area contributed by atoms with Crippen LogP contribution in [-0.2, 0) is 24.3 Å². The van der Waals surface area contributed by atoms with E-state index in [0.717, 1.165) is 17.6 Å². The molecule has 1 aromatic carbocycles. The molecule has 120 valence electrons. The summed E-state index contributed by atoms with van der Waals surface area (Å²) >= 11 is 0. The summed E-state index contributed by atoms with van der Waals surface area (Å²) in [6.07, 6.45) is 1.07. The van der Waals surface area contributed by atoms with E-state index in [4.69, 9.17) is 4.74 Å². The molecule has 2 heterocycles. The van der Waals surface area contributed by atoms with Gasteiger partial charge < -0.3 is 19.0 Å². The summed E-state index contributed by atoms with van der Waals surface area (Å²) in [5.41, 5.74) is 2.34. The van der Waals surface area contributed by atoms with E-state index in [0.29, 0.717) is 36.8 Å². The largest absolute Gasteiger partial charge is 0.497 e. The summed E-state index contributed by atoms with van der Waals surface area (Å²) in [6.45, 7) is 3.64. The van der Waals surface area contributed by atoms with Crippen molar-refractivity contribution < 1.29 is 14.3 Å². The van der Waals surface area contributed by atoms with Gasteiger partial charge in [-0.1, -0.05) is 12.1 Å². The Bertz CT molecular complexity index is 734. The number of methoxy groups -OCH3 is 1. The number of ether oxygens (including phenoxy) is 1. The van der Waals surface area contributed by atoms with Crippen LogP contribution in [0.3, 0.4) is 0 Å². The molecule has 23 heavy (non-hydrogen) atoms. The van der Waals surface area contributed by atoms with Gasteiger partial charge in [-0.25, -0.2) is 4.98 Å². The van der Waals surface area contributed by atoms with Crippen molar-refractivity contribution in [1.82, 2.24) is 14.5 Å². The van der Waals surface area contributed by atoms with Crippen molar-refractivity contribution in [3.63, 3.8) is 0 Å². The lowest BCUT2D eigenvalue weighted by atomic mass is 10.1. The minimum atomic E-state index is -0.0331. The Hall–Kier alpha value is -2.63. The summed E-state index contributed by atoms with van der Waals surface area (Å²) in [5.74, 6) is 1.44. The van der Waals surface area contributed by atoms with E-state index < -0.39 is 0 Å². The zero-order valence-electron chi connectivity index (χ0n) is 13.3. The maximum Gasteiger partial charge on any atom is 0.272 e. The van der Waals surface area contributed by atoms with Crippen molar-refractivity contribution in [2.45, 2.75) is 26.4 Å². The van der Waals surface area contributed by atoms with Crippen LogP contribution in [0.25, 0.3) is 0 Å². The predicted molar refractivity (Wildman–Crippen MR) is 84.5 cm³/mol. The molecule has 0 atom stereocenters. The van der Waals surface area contributed by atoms with Crippen molar-refractivity contribution >= 4 is 12.2 Å². The zero-order valence-corrected chi connectivity index (χ0v) is 13.3. The predicted octanol–water partition coefficient (Wildman–Crippen LogP) is 1.60. The highest BCUT2D eigenvalue weighted by atomic mass is 16.5. The van der Waals surface area contributed by atoms with Crippen LogP contribution in [0.1, 0.15) is 27.6 Å². The summed E-state index contributed by atoms with van der Waals surface area (Å²) in [7, 11) is 1.63. The Labute approximate surface area is 134 Å². The third kappa shape index (κ3) is 2.84. The number of hydrogen-bond donors (Lipinski definition) is 0. The number of hydrogen-bond acceptors (Lipinski definition) is 4. The Morgan fingerprint density at radius 2 is 2.00 bits per heavy atom. The van der Waals surface area contributed by atoms with E-state index >= 15 is 0 Å². The third-order valence-electron chi connectivity index (χ3n) is 4.10. The molecule has 2 aromatic rings. The standard InChI is InChI=1S/C17H19N3O3/c1-12-16-17(22)19(8-9-20(16)15(18-12)7-10-21)11-13-3-5-14(23-2)6-4-13/h3-6,10H,7-9,11H2,1-2H3. The Balaban J connectivity index is 1.81. The van der Waals surface area contributed by atoms with Crippen LogP contribution in [-0.4, -0.2) is 40.3 Å². The lowest BCUT2D eigenvalue weighted by molar-refractivity contribution is -0.107. The van der Waals surface area contributed by atoms with Gasteiger partial charge in [0.2, 0.25) is 0 Å². The molecule has 0 saturated carbocycles. The van der Waals surface area contributed by atoms with Crippen LogP contribution >= 0.6 is 0 Å². The van der Waals surface area contributed by atoms with Crippen LogP contribution in [0.2, 0.25) is 0 Å². The van der Waals surface area contributed by atoms with Crippen LogP contribution in [0, 0.1) is 6.92 Å². The molecule has 1 aromatic heterocycles. The Kier molecular flexibility index (Phi) is 4.14. The molecule has 1 amide bonds. The van der Waals surface area contributed by atoms with E-state index in [1.54, 1.807) is 7.11 Å². The van der Waals surface area contributed by atoms with Gasteiger partial charge in [-0.15, -0.1) is 0 Å². The average molecular weight is 313 g/mol. The van der Waals surface area contributed by atoms with E-state index in [1.807, 2.05) is 40.7 Å². The van der Waals surface area contributed by atoms with Gasteiger partial charge in [-0.3, -0.25) is 4.79 Å². The number of fused-ring (bicyclic) bond motifs is 1. The second-order valence-electron chi connectivity index (χ2n) is 5.56. The highest BCUT2D eigenvalue weighted by Gasteiger charge is 2.29. The number of benzene rings is 1. The van der Waals surface area contributed by atoms with Gasteiger partial charge in [0.05, 0.1) is 19.2 Å². The SMILES string of the molecule is COc1ccc(CN2CCn3c(CC=O)nc(C)c3C2=O)cc1. The number of carbonyl (C=O) groups is 2. The van der Waals surface area contributed by atoms with Gasteiger partial charge in [0.25, 0.3) is 5.91 Å². The van der Waals surface area contributed by atoms with Crippen molar-refractivity contribution in [1.29, 1.82) is 0 Å². The quantitative estimate of drug-likeness (QED) is 0.787. The highest BCUT2D eigenvalue weighted by Crippen LogP contribution is 2.21. The number of aryl methyl sites for hydroxylation is 1. The lowest BCUT2D eigenvalue weighted by Crippen LogP contribution is -2.40. The first-order valence-corrected chi connectivity index (χ1v) is 7.56. The third-order valence-corrected chi connectivity index (χ3v) is 4.10. The van der Waals surface area contributed by atoms with E-state index in [1.165, 1.54) is 0 Å². The molecule has 6 heteroatoms. The van der Waals surface area contributed by atoms with Gasteiger partial charge in [0, 0.05) is 19.6 Å². The fourth-order valence-corrected chi connectivity index (χ4v) is 2.95. The summed E-state index contributed by atoms with van der Waals surface area (Å²) in [6, 6.07) is 7.70. The molecule has 0 bridgehead atoms. The van der Waals surface area contributed by atoms with Crippen LogP contribution in [0.15, 0.2) is 24.3 Å². The molecule has 0 unspecified atom stereocenters. The number of aldehydes is 1. The maximum atomic E-state index is 12.7. The van der Waals surface area contributed by atoms with E-state index in [-0.39, 0.29) is 12.3 Å². The van der Waals surface area contributed by atoms with Crippen LogP contribution < -0.4 is 4.74 Å². The number of aromatic nitrogens is 2. The smallest absolute Gasteiger partial charge is 0.272 e. The van der Waals surface area contributed by atoms with Crippen molar-refractivity contribution in [2.24, 2.45) is 0 Å². The number of rotatable bonds is 5. The number of carbonyl (C=O) groups excluding carboxylic acids is 2. The van der Waals surface area contributed by atoms with Gasteiger partial charge in [-0.05, 0) is 24.6 Å².